The highest BCUT2D eigenvalue weighted by Gasteiger charge is 2.16. The second-order valence-corrected chi connectivity index (χ2v) is 5.85. The number of nitrogens with zero attached hydrogens (tertiary/aromatic N) is 1. The maximum Gasteiger partial charge on any atom is 0.0654 e. The summed E-state index contributed by atoms with van der Waals surface area (Å²) in [7, 11) is -1.11. The van der Waals surface area contributed by atoms with Crippen molar-refractivity contribution in [2.75, 3.05) is 10.8 Å². The molecule has 0 saturated heterocycles. The number of hydrogen-bond donors (Lipinski definition) is 1. The highest BCUT2D eigenvalue weighted by Crippen LogP contribution is 2.16. The molecule has 0 aromatic heterocycles. The van der Waals surface area contributed by atoms with Crippen molar-refractivity contribution in [2.24, 2.45) is 0 Å². The van der Waals surface area contributed by atoms with Crippen molar-refractivity contribution in [2.45, 2.75) is 17.9 Å². The minimum Gasteiger partial charge on any atom is -0.288 e. The fourth-order valence-corrected chi connectivity index (χ4v) is 3.03. The van der Waals surface area contributed by atoms with Crippen LogP contribution in [0.15, 0.2) is 65.6 Å². The van der Waals surface area contributed by atoms with Crippen molar-refractivity contribution in [3.63, 3.8) is 0 Å². The van der Waals surface area contributed by atoms with E-state index in [1.165, 1.54) is 5.06 Å². The minimum absolute atomic E-state index is 0.219. The Morgan fingerprint density at radius 2 is 1.58 bits per heavy atom. The molecule has 0 spiro atoms. The van der Waals surface area contributed by atoms with Crippen molar-refractivity contribution >= 4 is 16.5 Å². The Balaban J connectivity index is 2.02. The molecule has 2 aromatic rings. The molecule has 0 amide bonds. The van der Waals surface area contributed by atoms with E-state index >= 15 is 0 Å². The monoisotopic (exact) mass is 275 g/mol. The third-order valence-electron chi connectivity index (χ3n) is 2.84. The molecular weight excluding hydrogens is 258 g/mol. The molecule has 0 saturated carbocycles. The quantitative estimate of drug-likeness (QED) is 0.853. The lowest BCUT2D eigenvalue weighted by Gasteiger charge is -2.24. The van der Waals surface area contributed by atoms with E-state index in [1.54, 1.807) is 0 Å². The lowest BCUT2D eigenvalue weighted by atomic mass is 10.3. The van der Waals surface area contributed by atoms with Gasteiger partial charge in [0.05, 0.1) is 28.3 Å². The molecule has 100 valence electrons. The Labute approximate surface area is 115 Å². The van der Waals surface area contributed by atoms with Crippen LogP contribution in [0, 0.1) is 0 Å². The molecule has 1 N–H and O–H groups in total. The standard InChI is InChI=1S/C15H17NO2S/c1-13(16(17)14-8-4-2-5-9-14)12-19(18)15-10-6-3-7-11-15/h2-11,13,17H,12H2,1H3/t13-,19-/m1/s1. The predicted molar refractivity (Wildman–Crippen MR) is 77.9 cm³/mol. The first kappa shape index (κ1) is 13.8. The van der Waals surface area contributed by atoms with E-state index in [0.29, 0.717) is 11.4 Å². The fourth-order valence-electron chi connectivity index (χ4n) is 1.79. The van der Waals surface area contributed by atoms with E-state index in [4.69, 9.17) is 0 Å². The summed E-state index contributed by atoms with van der Waals surface area (Å²) in [5, 5.41) is 11.3. The van der Waals surface area contributed by atoms with Crippen LogP contribution in [-0.4, -0.2) is 21.2 Å². The van der Waals surface area contributed by atoms with Crippen LogP contribution in [0.25, 0.3) is 0 Å². The van der Waals surface area contributed by atoms with Gasteiger partial charge in [-0.1, -0.05) is 36.4 Å². The normalized spacial score (nSPS) is 13.8. The van der Waals surface area contributed by atoms with Crippen molar-refractivity contribution in [3.05, 3.63) is 60.7 Å². The van der Waals surface area contributed by atoms with E-state index in [0.717, 1.165) is 4.90 Å². The molecule has 0 unspecified atom stereocenters. The summed E-state index contributed by atoms with van der Waals surface area (Å²) in [6.45, 7) is 1.86. The zero-order chi connectivity index (χ0) is 13.7. The van der Waals surface area contributed by atoms with Gasteiger partial charge in [0.2, 0.25) is 0 Å². The Hall–Kier alpha value is -1.65. The van der Waals surface area contributed by atoms with Crippen LogP contribution in [0.2, 0.25) is 0 Å². The van der Waals surface area contributed by atoms with Gasteiger partial charge >= 0.3 is 0 Å². The number of benzene rings is 2. The number of hydroxylamine groups is 1. The van der Waals surface area contributed by atoms with Crippen molar-refractivity contribution in [1.29, 1.82) is 0 Å². The van der Waals surface area contributed by atoms with Crippen LogP contribution < -0.4 is 5.06 Å². The Bertz CT molecular complexity index is 530. The van der Waals surface area contributed by atoms with Crippen molar-refractivity contribution in [1.82, 2.24) is 0 Å². The van der Waals surface area contributed by atoms with Gasteiger partial charge in [0.1, 0.15) is 0 Å². The van der Waals surface area contributed by atoms with Crippen LogP contribution in [0.5, 0.6) is 0 Å². The van der Waals surface area contributed by atoms with Gasteiger partial charge in [-0.15, -0.1) is 0 Å². The Morgan fingerprint density at radius 1 is 1.05 bits per heavy atom. The highest BCUT2D eigenvalue weighted by atomic mass is 32.2. The minimum atomic E-state index is -1.11. The molecule has 4 heteroatoms. The number of rotatable bonds is 5. The second-order valence-electron chi connectivity index (χ2n) is 4.35. The van der Waals surface area contributed by atoms with Gasteiger partial charge in [-0.2, -0.15) is 0 Å². The van der Waals surface area contributed by atoms with E-state index < -0.39 is 10.8 Å². The van der Waals surface area contributed by atoms with Crippen molar-refractivity contribution < 1.29 is 9.42 Å². The average Bonchev–Trinajstić information content (AvgIpc) is 2.48. The number of para-hydroxylation sites is 1. The summed E-state index contributed by atoms with van der Waals surface area (Å²) < 4.78 is 12.2. The molecule has 19 heavy (non-hydrogen) atoms. The van der Waals surface area contributed by atoms with E-state index in [-0.39, 0.29) is 6.04 Å². The first-order chi connectivity index (χ1) is 9.18. The third-order valence-corrected chi connectivity index (χ3v) is 4.42. The molecule has 0 heterocycles. The lowest BCUT2D eigenvalue weighted by Crippen LogP contribution is -2.34. The van der Waals surface area contributed by atoms with Crippen LogP contribution in [0.3, 0.4) is 0 Å². The SMILES string of the molecule is C[C@H](C[S@@](=O)c1ccccc1)N(O)c1ccccc1. The van der Waals surface area contributed by atoms with Gasteiger partial charge in [0, 0.05) is 4.90 Å². The summed E-state index contributed by atoms with van der Waals surface area (Å²) >= 11 is 0. The van der Waals surface area contributed by atoms with E-state index in [2.05, 4.69) is 0 Å². The molecular formula is C15H17NO2S. The largest absolute Gasteiger partial charge is 0.288 e. The summed E-state index contributed by atoms with van der Waals surface area (Å²) in [4.78, 5) is 0.788. The maximum absolute atomic E-state index is 12.2. The molecule has 0 aliphatic heterocycles. The summed E-state index contributed by atoms with van der Waals surface area (Å²) in [6, 6.07) is 18.3. The Kier molecular flexibility index (Phi) is 4.71. The van der Waals surface area contributed by atoms with E-state index in [1.807, 2.05) is 67.6 Å². The van der Waals surface area contributed by atoms with Crippen LogP contribution >= 0.6 is 0 Å². The summed E-state index contributed by atoms with van der Waals surface area (Å²) in [5.74, 6) is 0.384. The fraction of sp³-hybridized carbons (Fsp3) is 0.200. The maximum atomic E-state index is 12.2. The zero-order valence-corrected chi connectivity index (χ0v) is 11.6. The highest BCUT2D eigenvalue weighted by molar-refractivity contribution is 7.85. The zero-order valence-electron chi connectivity index (χ0n) is 10.8. The predicted octanol–water partition coefficient (Wildman–Crippen LogP) is 3.08. The number of hydrogen-bond acceptors (Lipinski definition) is 3. The van der Waals surface area contributed by atoms with Crippen molar-refractivity contribution in [3.8, 4) is 0 Å². The molecule has 2 aromatic carbocycles. The summed E-state index contributed by atoms with van der Waals surface area (Å²) in [5.41, 5.74) is 0.708. The lowest BCUT2D eigenvalue weighted by molar-refractivity contribution is 0.230. The number of anilines is 1. The Morgan fingerprint density at radius 3 is 2.16 bits per heavy atom. The molecule has 0 bridgehead atoms. The van der Waals surface area contributed by atoms with Crippen LogP contribution in [0.1, 0.15) is 6.92 Å². The first-order valence-corrected chi connectivity index (χ1v) is 7.47. The molecule has 0 aliphatic rings. The smallest absolute Gasteiger partial charge is 0.0654 e. The average molecular weight is 275 g/mol. The van der Waals surface area contributed by atoms with Gasteiger partial charge < -0.3 is 0 Å². The topological polar surface area (TPSA) is 40.5 Å². The van der Waals surface area contributed by atoms with Crippen LogP contribution in [0.4, 0.5) is 5.69 Å². The van der Waals surface area contributed by atoms with Gasteiger partial charge in [0.25, 0.3) is 0 Å². The van der Waals surface area contributed by atoms with Gasteiger partial charge in [-0.3, -0.25) is 14.5 Å². The van der Waals surface area contributed by atoms with Gasteiger partial charge in [0.15, 0.2) is 0 Å². The molecule has 0 radical (unpaired) electrons. The second kappa shape index (κ2) is 6.50. The van der Waals surface area contributed by atoms with Gasteiger partial charge in [-0.05, 0) is 31.2 Å². The molecule has 3 nitrogen and oxygen atoms in total. The van der Waals surface area contributed by atoms with Crippen LogP contribution in [-0.2, 0) is 10.8 Å². The van der Waals surface area contributed by atoms with Gasteiger partial charge in [-0.25, -0.2) is 0 Å². The molecule has 0 aliphatic carbocycles. The molecule has 2 atom stereocenters. The third kappa shape index (κ3) is 3.66. The molecule has 0 fully saturated rings. The first-order valence-electron chi connectivity index (χ1n) is 6.15. The summed E-state index contributed by atoms with van der Waals surface area (Å²) in [6.07, 6.45) is 0. The molecule has 2 rings (SSSR count). The van der Waals surface area contributed by atoms with E-state index in [9.17, 15) is 9.42 Å².